The molecule has 1 aliphatic rings. The van der Waals surface area contributed by atoms with Gasteiger partial charge in [-0.1, -0.05) is 31.4 Å². The van der Waals surface area contributed by atoms with Crippen LogP contribution >= 0.6 is 0 Å². The summed E-state index contributed by atoms with van der Waals surface area (Å²) in [5, 5.41) is 0. The van der Waals surface area contributed by atoms with E-state index in [1.807, 2.05) is 4.90 Å². The molecular formula is C22H30F3NO3. The van der Waals surface area contributed by atoms with Gasteiger partial charge in [-0.3, -0.25) is 9.59 Å². The van der Waals surface area contributed by atoms with E-state index in [0.29, 0.717) is 25.9 Å². The van der Waals surface area contributed by atoms with Gasteiger partial charge in [0.1, 0.15) is 0 Å². The summed E-state index contributed by atoms with van der Waals surface area (Å²) < 4.78 is 42.6. The molecule has 0 saturated carbocycles. The van der Waals surface area contributed by atoms with Crippen LogP contribution in [0.1, 0.15) is 74.8 Å². The van der Waals surface area contributed by atoms with Crippen LogP contribution in [-0.2, 0) is 20.5 Å². The molecule has 1 amide bonds. The average Bonchev–Trinajstić information content (AvgIpc) is 2.72. The molecule has 0 aromatic heterocycles. The zero-order valence-electron chi connectivity index (χ0n) is 17.0. The number of carbonyl (C=O) groups excluding carboxylic acids is 2. The van der Waals surface area contributed by atoms with Crippen molar-refractivity contribution in [1.29, 1.82) is 0 Å². The second-order valence-electron chi connectivity index (χ2n) is 7.62. The predicted molar refractivity (Wildman–Crippen MR) is 104 cm³/mol. The Bertz CT molecular complexity index is 650. The molecule has 0 aliphatic carbocycles. The first-order chi connectivity index (χ1) is 13.8. The Hall–Kier alpha value is -2.05. The number of esters is 1. The van der Waals surface area contributed by atoms with Gasteiger partial charge in [0.15, 0.2) is 0 Å². The minimum Gasteiger partial charge on any atom is -0.469 e. The highest BCUT2D eigenvalue weighted by atomic mass is 19.4. The Labute approximate surface area is 170 Å². The monoisotopic (exact) mass is 413 g/mol. The average molecular weight is 413 g/mol. The summed E-state index contributed by atoms with van der Waals surface area (Å²) in [7, 11) is 1.39. The Morgan fingerprint density at radius 2 is 1.52 bits per heavy atom. The zero-order valence-corrected chi connectivity index (χ0v) is 17.0. The van der Waals surface area contributed by atoms with Crippen molar-refractivity contribution in [2.24, 2.45) is 0 Å². The number of methoxy groups -OCH3 is 1. The summed E-state index contributed by atoms with van der Waals surface area (Å²) in [5.74, 6) is 0.182. The lowest BCUT2D eigenvalue weighted by atomic mass is 9.89. The van der Waals surface area contributed by atoms with E-state index in [9.17, 15) is 22.8 Å². The van der Waals surface area contributed by atoms with Crippen molar-refractivity contribution >= 4 is 11.9 Å². The van der Waals surface area contributed by atoms with Crippen LogP contribution in [0, 0.1) is 0 Å². The Morgan fingerprint density at radius 1 is 0.966 bits per heavy atom. The van der Waals surface area contributed by atoms with Crippen molar-refractivity contribution in [2.45, 2.75) is 69.9 Å². The molecule has 7 heteroatoms. The highest BCUT2D eigenvalue weighted by molar-refractivity contribution is 5.76. The number of alkyl halides is 3. The van der Waals surface area contributed by atoms with Gasteiger partial charge in [0.2, 0.25) is 5.91 Å². The van der Waals surface area contributed by atoms with E-state index in [-0.39, 0.29) is 17.8 Å². The van der Waals surface area contributed by atoms with Crippen molar-refractivity contribution < 1.29 is 27.5 Å². The third-order valence-electron chi connectivity index (χ3n) is 5.56. The molecule has 0 spiro atoms. The fourth-order valence-corrected chi connectivity index (χ4v) is 3.74. The predicted octanol–water partition coefficient (Wildman–Crippen LogP) is 5.32. The number of hydrogen-bond donors (Lipinski definition) is 0. The van der Waals surface area contributed by atoms with Crippen LogP contribution in [0.3, 0.4) is 0 Å². The molecule has 4 nitrogen and oxygen atoms in total. The molecule has 162 valence electrons. The zero-order chi connectivity index (χ0) is 21.3. The van der Waals surface area contributed by atoms with E-state index in [1.165, 1.54) is 7.11 Å². The standard InChI is InChI=1S/C22H30F3NO3/c1-29-21(28)8-6-4-2-3-5-7-20(27)26-15-13-18(14-16-26)17-9-11-19(12-10-17)22(23,24)25/h9-12,18H,2-8,13-16H2,1H3. The Balaban J connectivity index is 1.63. The molecular weight excluding hydrogens is 383 g/mol. The van der Waals surface area contributed by atoms with E-state index < -0.39 is 11.7 Å². The Kier molecular flexibility index (Phi) is 8.99. The molecule has 0 atom stereocenters. The van der Waals surface area contributed by atoms with Gasteiger partial charge >= 0.3 is 12.1 Å². The summed E-state index contributed by atoms with van der Waals surface area (Å²) >= 11 is 0. The molecule has 1 aromatic carbocycles. The lowest BCUT2D eigenvalue weighted by Gasteiger charge is -2.32. The van der Waals surface area contributed by atoms with Crippen LogP contribution in [0.15, 0.2) is 24.3 Å². The van der Waals surface area contributed by atoms with E-state index in [0.717, 1.165) is 62.6 Å². The van der Waals surface area contributed by atoms with Crippen LogP contribution in [0.4, 0.5) is 13.2 Å². The molecule has 2 rings (SSSR count). The summed E-state index contributed by atoms with van der Waals surface area (Å²) in [6, 6.07) is 5.40. The number of nitrogens with zero attached hydrogens (tertiary/aromatic N) is 1. The largest absolute Gasteiger partial charge is 0.469 e. The van der Waals surface area contributed by atoms with Crippen molar-refractivity contribution in [2.75, 3.05) is 20.2 Å². The number of likely N-dealkylation sites (tertiary alicyclic amines) is 1. The van der Waals surface area contributed by atoms with Crippen molar-refractivity contribution in [3.8, 4) is 0 Å². The topological polar surface area (TPSA) is 46.6 Å². The molecule has 0 bridgehead atoms. The maximum absolute atomic E-state index is 12.7. The number of benzene rings is 1. The van der Waals surface area contributed by atoms with E-state index in [1.54, 1.807) is 12.1 Å². The number of piperidine rings is 1. The SMILES string of the molecule is COC(=O)CCCCCCCC(=O)N1CCC(c2ccc(C(F)(F)F)cc2)CC1. The van der Waals surface area contributed by atoms with E-state index in [2.05, 4.69) is 4.74 Å². The van der Waals surface area contributed by atoms with Crippen LogP contribution in [0.5, 0.6) is 0 Å². The maximum atomic E-state index is 12.7. The summed E-state index contributed by atoms with van der Waals surface area (Å²) in [6.07, 6.45) is 2.82. The minimum absolute atomic E-state index is 0.158. The number of halogens is 3. The molecule has 0 radical (unpaired) electrons. The number of carbonyl (C=O) groups is 2. The molecule has 0 N–H and O–H groups in total. The smallest absolute Gasteiger partial charge is 0.416 e. The quantitative estimate of drug-likeness (QED) is 0.407. The highest BCUT2D eigenvalue weighted by Gasteiger charge is 2.30. The molecule has 29 heavy (non-hydrogen) atoms. The van der Waals surface area contributed by atoms with Crippen LogP contribution in [-0.4, -0.2) is 37.0 Å². The highest BCUT2D eigenvalue weighted by Crippen LogP contribution is 2.33. The van der Waals surface area contributed by atoms with Gasteiger partial charge < -0.3 is 9.64 Å². The molecule has 1 saturated heterocycles. The van der Waals surface area contributed by atoms with Gasteiger partial charge in [-0.15, -0.1) is 0 Å². The van der Waals surface area contributed by atoms with Crippen molar-refractivity contribution in [3.63, 3.8) is 0 Å². The third-order valence-corrected chi connectivity index (χ3v) is 5.56. The number of amides is 1. The fraction of sp³-hybridized carbons (Fsp3) is 0.636. The van der Waals surface area contributed by atoms with Gasteiger partial charge in [-0.05, 0) is 49.3 Å². The first-order valence-corrected chi connectivity index (χ1v) is 10.3. The summed E-state index contributed by atoms with van der Waals surface area (Å²) in [4.78, 5) is 25.2. The normalized spacial score (nSPS) is 15.4. The van der Waals surface area contributed by atoms with Crippen molar-refractivity contribution in [1.82, 2.24) is 4.90 Å². The summed E-state index contributed by atoms with van der Waals surface area (Å²) in [6.45, 7) is 1.31. The summed E-state index contributed by atoms with van der Waals surface area (Å²) in [5.41, 5.74) is 0.288. The number of hydrogen-bond acceptors (Lipinski definition) is 3. The van der Waals surface area contributed by atoms with Gasteiger partial charge in [-0.25, -0.2) is 0 Å². The molecule has 0 unspecified atom stereocenters. The first kappa shape index (κ1) is 23.2. The van der Waals surface area contributed by atoms with Crippen molar-refractivity contribution in [3.05, 3.63) is 35.4 Å². The number of unbranched alkanes of at least 4 members (excludes halogenated alkanes) is 4. The Morgan fingerprint density at radius 3 is 2.07 bits per heavy atom. The molecule has 1 heterocycles. The van der Waals surface area contributed by atoms with Gasteiger partial charge in [0.05, 0.1) is 12.7 Å². The number of rotatable bonds is 9. The van der Waals surface area contributed by atoms with Gasteiger partial charge in [0, 0.05) is 25.9 Å². The minimum atomic E-state index is -4.31. The second kappa shape index (κ2) is 11.2. The molecule has 1 fully saturated rings. The first-order valence-electron chi connectivity index (χ1n) is 10.3. The van der Waals surface area contributed by atoms with E-state index >= 15 is 0 Å². The van der Waals surface area contributed by atoms with Crippen LogP contribution in [0.25, 0.3) is 0 Å². The van der Waals surface area contributed by atoms with Crippen LogP contribution < -0.4 is 0 Å². The lowest BCUT2D eigenvalue weighted by molar-refractivity contribution is -0.141. The molecule has 1 aromatic rings. The van der Waals surface area contributed by atoms with Crippen LogP contribution in [0.2, 0.25) is 0 Å². The fourth-order valence-electron chi connectivity index (χ4n) is 3.74. The molecule has 1 aliphatic heterocycles. The second-order valence-corrected chi connectivity index (χ2v) is 7.62. The van der Waals surface area contributed by atoms with Gasteiger partial charge in [0.25, 0.3) is 0 Å². The lowest BCUT2D eigenvalue weighted by Crippen LogP contribution is -2.37. The third kappa shape index (κ3) is 7.71. The number of ether oxygens (including phenoxy) is 1. The maximum Gasteiger partial charge on any atom is 0.416 e. The van der Waals surface area contributed by atoms with Gasteiger partial charge in [-0.2, -0.15) is 13.2 Å². The van der Waals surface area contributed by atoms with E-state index in [4.69, 9.17) is 0 Å².